The average Bonchev–Trinajstić information content (AvgIpc) is 2.87. The van der Waals surface area contributed by atoms with Crippen LogP contribution in [0, 0.1) is 0 Å². The van der Waals surface area contributed by atoms with Crippen LogP contribution in [0.2, 0.25) is 0 Å². The molecule has 0 aliphatic carbocycles. The second-order valence-electron chi connectivity index (χ2n) is 5.06. The molecule has 0 spiro atoms. The maximum atomic E-state index is 12.2. The lowest BCUT2D eigenvalue weighted by Gasteiger charge is -2.03. The molecule has 0 amide bonds. The Kier molecular flexibility index (Phi) is 3.21. The Bertz CT molecular complexity index is 991. The molecule has 22 heavy (non-hydrogen) atoms. The topological polar surface area (TPSA) is 69.2 Å². The summed E-state index contributed by atoms with van der Waals surface area (Å²) in [6.07, 6.45) is 3.52. The lowest BCUT2D eigenvalue weighted by molar-refractivity contribution is 0.197. The fourth-order valence-corrected chi connectivity index (χ4v) is 2.40. The Morgan fingerprint density at radius 3 is 2.36 bits per heavy atom. The van der Waals surface area contributed by atoms with Gasteiger partial charge in [0, 0.05) is 14.1 Å². The van der Waals surface area contributed by atoms with Gasteiger partial charge in [-0.25, -0.2) is 4.79 Å². The van der Waals surface area contributed by atoms with Gasteiger partial charge in [-0.2, -0.15) is 4.73 Å². The minimum absolute atomic E-state index is 0.0808. The lowest BCUT2D eigenvalue weighted by atomic mass is 10.2. The summed E-state index contributed by atoms with van der Waals surface area (Å²) in [6, 6.07) is 11.2. The van der Waals surface area contributed by atoms with Crippen LogP contribution < -0.4 is 11.2 Å². The van der Waals surface area contributed by atoms with Crippen molar-refractivity contribution in [1.29, 1.82) is 0 Å². The number of fused-ring (bicyclic) bond motifs is 1. The van der Waals surface area contributed by atoms with Crippen molar-refractivity contribution in [2.24, 2.45) is 14.1 Å². The van der Waals surface area contributed by atoms with Crippen LogP contribution in [0.15, 0.2) is 46.0 Å². The monoisotopic (exact) mass is 297 g/mol. The predicted molar refractivity (Wildman–Crippen MR) is 85.0 cm³/mol. The number of aryl methyl sites for hydroxylation is 1. The molecule has 6 heteroatoms. The van der Waals surface area contributed by atoms with E-state index in [0.29, 0.717) is 11.2 Å². The zero-order valence-electron chi connectivity index (χ0n) is 12.2. The molecule has 3 aromatic rings. The Balaban J connectivity index is 2.21. The van der Waals surface area contributed by atoms with Crippen molar-refractivity contribution in [3.63, 3.8) is 0 Å². The van der Waals surface area contributed by atoms with Gasteiger partial charge in [0.25, 0.3) is 5.56 Å². The van der Waals surface area contributed by atoms with E-state index < -0.39 is 11.2 Å². The zero-order valence-corrected chi connectivity index (χ0v) is 12.2. The van der Waals surface area contributed by atoms with E-state index in [2.05, 4.69) is 0 Å². The van der Waals surface area contributed by atoms with Crippen LogP contribution in [0.4, 0.5) is 0 Å². The summed E-state index contributed by atoms with van der Waals surface area (Å²) in [5.41, 5.74) is 0.911. The van der Waals surface area contributed by atoms with Crippen molar-refractivity contribution in [1.82, 2.24) is 13.9 Å². The third kappa shape index (κ3) is 2.05. The summed E-state index contributed by atoms with van der Waals surface area (Å²) in [5.74, 6) is 0. The first-order chi connectivity index (χ1) is 10.5. The number of benzene rings is 1. The Morgan fingerprint density at radius 1 is 1.00 bits per heavy atom. The minimum atomic E-state index is -0.528. The molecule has 0 saturated carbocycles. The Labute approximate surface area is 125 Å². The molecule has 0 unspecified atom stereocenters. The second-order valence-corrected chi connectivity index (χ2v) is 5.06. The smallest absolute Gasteiger partial charge is 0.331 e. The van der Waals surface area contributed by atoms with Crippen molar-refractivity contribution in [2.45, 2.75) is 0 Å². The van der Waals surface area contributed by atoms with Crippen molar-refractivity contribution in [3.8, 4) is 0 Å². The standard InChI is InChI=1S/C16H15N3O3/c1-17-13-10-12(9-8-11-6-4-3-5-7-11)19(22)14(13)15(20)18(2)16(17)21/h3-10,22H,1-2H3/b9-8+. The summed E-state index contributed by atoms with van der Waals surface area (Å²) in [4.78, 5) is 24.1. The first-order valence-corrected chi connectivity index (χ1v) is 6.74. The van der Waals surface area contributed by atoms with Gasteiger partial charge in [-0.05, 0) is 17.7 Å². The van der Waals surface area contributed by atoms with E-state index in [4.69, 9.17) is 0 Å². The summed E-state index contributed by atoms with van der Waals surface area (Å²) in [7, 11) is 2.95. The Morgan fingerprint density at radius 2 is 1.68 bits per heavy atom. The first kappa shape index (κ1) is 13.9. The van der Waals surface area contributed by atoms with E-state index in [0.717, 1.165) is 14.9 Å². The van der Waals surface area contributed by atoms with E-state index in [9.17, 15) is 14.8 Å². The number of hydrogen-bond donors (Lipinski definition) is 1. The molecule has 0 radical (unpaired) electrons. The normalized spacial score (nSPS) is 11.5. The first-order valence-electron chi connectivity index (χ1n) is 6.74. The van der Waals surface area contributed by atoms with Gasteiger partial charge < -0.3 is 5.21 Å². The summed E-state index contributed by atoms with van der Waals surface area (Å²) >= 11 is 0. The molecule has 112 valence electrons. The molecule has 1 aromatic carbocycles. The summed E-state index contributed by atoms with van der Waals surface area (Å²) in [5, 5.41) is 10.2. The molecule has 0 aliphatic rings. The summed E-state index contributed by atoms with van der Waals surface area (Å²) in [6.45, 7) is 0. The number of hydrogen-bond acceptors (Lipinski definition) is 3. The van der Waals surface area contributed by atoms with Crippen LogP contribution in [0.25, 0.3) is 23.2 Å². The quantitative estimate of drug-likeness (QED) is 0.728. The van der Waals surface area contributed by atoms with E-state index in [1.54, 1.807) is 19.2 Å². The highest BCUT2D eigenvalue weighted by Gasteiger charge is 2.15. The summed E-state index contributed by atoms with van der Waals surface area (Å²) < 4.78 is 3.12. The molecule has 0 bridgehead atoms. The SMILES string of the molecule is Cn1c(=O)c2c(cc(/C=C/c3ccccc3)n2O)n(C)c1=O. The highest BCUT2D eigenvalue weighted by Crippen LogP contribution is 2.16. The molecule has 3 rings (SSSR count). The fourth-order valence-electron chi connectivity index (χ4n) is 2.40. The van der Waals surface area contributed by atoms with Crippen molar-refractivity contribution in [2.75, 3.05) is 0 Å². The third-order valence-electron chi connectivity index (χ3n) is 3.67. The molecule has 2 aromatic heterocycles. The number of aromatic nitrogens is 3. The second kappa shape index (κ2) is 5.07. The highest BCUT2D eigenvalue weighted by atomic mass is 16.5. The minimum Gasteiger partial charge on any atom is -0.428 e. The van der Waals surface area contributed by atoms with Crippen LogP contribution in [0.3, 0.4) is 0 Å². The van der Waals surface area contributed by atoms with E-state index in [1.807, 2.05) is 36.4 Å². The number of nitrogens with zero attached hydrogens (tertiary/aromatic N) is 3. The molecule has 6 nitrogen and oxygen atoms in total. The predicted octanol–water partition coefficient (Wildman–Crippen LogP) is 1.45. The third-order valence-corrected chi connectivity index (χ3v) is 3.67. The lowest BCUT2D eigenvalue weighted by Crippen LogP contribution is -2.37. The number of rotatable bonds is 2. The fraction of sp³-hybridized carbons (Fsp3) is 0.125. The van der Waals surface area contributed by atoms with Crippen LogP contribution in [-0.4, -0.2) is 19.1 Å². The van der Waals surface area contributed by atoms with Gasteiger partial charge in [-0.15, -0.1) is 0 Å². The maximum absolute atomic E-state index is 12.2. The Hall–Kier alpha value is -3.02. The van der Waals surface area contributed by atoms with Gasteiger partial charge >= 0.3 is 5.69 Å². The van der Waals surface area contributed by atoms with Gasteiger partial charge in [-0.1, -0.05) is 36.4 Å². The van der Waals surface area contributed by atoms with Gasteiger partial charge in [0.15, 0.2) is 5.52 Å². The van der Waals surface area contributed by atoms with Gasteiger partial charge in [0.2, 0.25) is 0 Å². The van der Waals surface area contributed by atoms with Crippen molar-refractivity contribution >= 4 is 23.2 Å². The van der Waals surface area contributed by atoms with Gasteiger partial charge in [-0.3, -0.25) is 13.9 Å². The largest absolute Gasteiger partial charge is 0.428 e. The van der Waals surface area contributed by atoms with Crippen LogP contribution in [-0.2, 0) is 14.1 Å². The van der Waals surface area contributed by atoms with Crippen LogP contribution in [0.1, 0.15) is 11.3 Å². The molecular formula is C16H15N3O3. The molecule has 0 atom stereocenters. The average molecular weight is 297 g/mol. The van der Waals surface area contributed by atoms with Gasteiger partial charge in [0.05, 0.1) is 11.2 Å². The van der Waals surface area contributed by atoms with Gasteiger partial charge in [0.1, 0.15) is 0 Å². The van der Waals surface area contributed by atoms with Crippen molar-refractivity contribution in [3.05, 3.63) is 68.5 Å². The molecule has 2 heterocycles. The molecule has 1 N–H and O–H groups in total. The van der Waals surface area contributed by atoms with Crippen LogP contribution >= 0.6 is 0 Å². The zero-order chi connectivity index (χ0) is 15.9. The van der Waals surface area contributed by atoms with E-state index >= 15 is 0 Å². The van der Waals surface area contributed by atoms with E-state index in [1.165, 1.54) is 11.6 Å². The maximum Gasteiger partial charge on any atom is 0.331 e. The highest BCUT2D eigenvalue weighted by molar-refractivity contribution is 5.81. The van der Waals surface area contributed by atoms with Crippen molar-refractivity contribution < 1.29 is 5.21 Å². The molecular weight excluding hydrogens is 282 g/mol. The molecule has 0 fully saturated rings. The van der Waals surface area contributed by atoms with E-state index in [-0.39, 0.29) is 5.52 Å². The van der Waals surface area contributed by atoms with Crippen LogP contribution in [0.5, 0.6) is 0 Å². The molecule has 0 saturated heterocycles. The molecule has 0 aliphatic heterocycles.